The van der Waals surface area contributed by atoms with Crippen molar-refractivity contribution in [2.24, 2.45) is 0 Å². The lowest BCUT2D eigenvalue weighted by Gasteiger charge is -2.07. The van der Waals surface area contributed by atoms with E-state index in [2.05, 4.69) is 36.4 Å². The van der Waals surface area contributed by atoms with Crippen LogP contribution < -0.4 is 5.32 Å². The number of halogens is 1. The molecular formula is C10H11BrN4O. The minimum Gasteiger partial charge on any atom is -0.369 e. The maximum Gasteiger partial charge on any atom is 0.228 e. The lowest BCUT2D eigenvalue weighted by atomic mass is 10.3. The molecule has 0 unspecified atom stereocenters. The standard InChI is InChI=1S/C10H11BrN4O/c1-7-2-4-12-10(9(7)11)13-5-3-8-14-6-15-16-8/h2,4,6H,3,5H2,1H3,(H,12,13). The number of rotatable bonds is 4. The molecular weight excluding hydrogens is 272 g/mol. The van der Waals surface area contributed by atoms with E-state index in [9.17, 15) is 0 Å². The number of hydrogen-bond donors (Lipinski definition) is 1. The van der Waals surface area contributed by atoms with Crippen LogP contribution in [0.2, 0.25) is 0 Å². The fourth-order valence-electron chi connectivity index (χ4n) is 1.26. The molecule has 16 heavy (non-hydrogen) atoms. The molecule has 0 saturated heterocycles. The second-order valence-electron chi connectivity index (χ2n) is 3.30. The van der Waals surface area contributed by atoms with Crippen molar-refractivity contribution in [3.8, 4) is 0 Å². The lowest BCUT2D eigenvalue weighted by Crippen LogP contribution is -2.07. The van der Waals surface area contributed by atoms with Gasteiger partial charge in [-0.3, -0.25) is 0 Å². The Kier molecular flexibility index (Phi) is 3.51. The van der Waals surface area contributed by atoms with E-state index in [-0.39, 0.29) is 0 Å². The highest BCUT2D eigenvalue weighted by atomic mass is 79.9. The normalized spacial score (nSPS) is 10.4. The first-order valence-electron chi connectivity index (χ1n) is 4.88. The van der Waals surface area contributed by atoms with Crippen molar-refractivity contribution < 1.29 is 4.52 Å². The number of anilines is 1. The van der Waals surface area contributed by atoms with Gasteiger partial charge in [0.1, 0.15) is 5.82 Å². The monoisotopic (exact) mass is 282 g/mol. The third-order valence-corrected chi connectivity index (χ3v) is 3.12. The van der Waals surface area contributed by atoms with Crippen LogP contribution in [0.4, 0.5) is 5.82 Å². The van der Waals surface area contributed by atoms with Gasteiger partial charge in [-0.2, -0.15) is 4.98 Å². The Morgan fingerprint density at radius 3 is 3.06 bits per heavy atom. The Balaban J connectivity index is 1.92. The Morgan fingerprint density at radius 2 is 2.31 bits per heavy atom. The highest BCUT2D eigenvalue weighted by Crippen LogP contribution is 2.22. The molecule has 0 spiro atoms. The Bertz CT molecular complexity index is 458. The summed E-state index contributed by atoms with van der Waals surface area (Å²) >= 11 is 3.48. The molecule has 0 aliphatic carbocycles. The maximum absolute atomic E-state index is 4.89. The van der Waals surface area contributed by atoms with E-state index in [1.165, 1.54) is 6.33 Å². The Labute approximate surface area is 101 Å². The van der Waals surface area contributed by atoms with E-state index in [0.717, 1.165) is 15.9 Å². The molecule has 0 atom stereocenters. The molecule has 0 bridgehead atoms. The van der Waals surface area contributed by atoms with Crippen LogP contribution in [-0.4, -0.2) is 21.7 Å². The highest BCUT2D eigenvalue weighted by Gasteiger charge is 2.04. The van der Waals surface area contributed by atoms with Gasteiger partial charge in [-0.1, -0.05) is 5.16 Å². The molecule has 0 saturated carbocycles. The summed E-state index contributed by atoms with van der Waals surface area (Å²) in [4.78, 5) is 8.17. The minimum atomic E-state index is 0.622. The van der Waals surface area contributed by atoms with Crippen LogP contribution in [-0.2, 0) is 6.42 Å². The van der Waals surface area contributed by atoms with E-state index in [4.69, 9.17) is 4.52 Å². The zero-order valence-corrected chi connectivity index (χ0v) is 10.4. The smallest absolute Gasteiger partial charge is 0.228 e. The summed E-state index contributed by atoms with van der Waals surface area (Å²) in [6, 6.07) is 1.95. The first kappa shape index (κ1) is 11.1. The quantitative estimate of drug-likeness (QED) is 0.931. The van der Waals surface area contributed by atoms with Crippen LogP contribution in [0.3, 0.4) is 0 Å². The van der Waals surface area contributed by atoms with E-state index in [0.29, 0.717) is 18.9 Å². The second-order valence-corrected chi connectivity index (χ2v) is 4.10. The number of nitrogens with one attached hydrogen (secondary N) is 1. The summed E-state index contributed by atoms with van der Waals surface area (Å²) in [5.74, 6) is 1.45. The van der Waals surface area contributed by atoms with Crippen molar-refractivity contribution in [3.63, 3.8) is 0 Å². The van der Waals surface area contributed by atoms with Gasteiger partial charge in [0.25, 0.3) is 0 Å². The average molecular weight is 283 g/mol. The molecule has 0 aliphatic heterocycles. The molecule has 5 nitrogen and oxygen atoms in total. The minimum absolute atomic E-state index is 0.622. The third-order valence-electron chi connectivity index (χ3n) is 2.12. The molecule has 84 valence electrons. The molecule has 2 aromatic heterocycles. The number of aryl methyl sites for hydroxylation is 1. The molecule has 0 fully saturated rings. The van der Waals surface area contributed by atoms with Crippen molar-refractivity contribution in [3.05, 3.63) is 34.5 Å². The Morgan fingerprint density at radius 1 is 1.44 bits per heavy atom. The van der Waals surface area contributed by atoms with Crippen molar-refractivity contribution in [2.75, 3.05) is 11.9 Å². The van der Waals surface area contributed by atoms with Gasteiger partial charge in [0.05, 0.1) is 4.47 Å². The summed E-state index contributed by atoms with van der Waals surface area (Å²) < 4.78 is 5.88. The lowest BCUT2D eigenvalue weighted by molar-refractivity contribution is 0.379. The summed E-state index contributed by atoms with van der Waals surface area (Å²) in [6.07, 6.45) is 3.85. The largest absolute Gasteiger partial charge is 0.369 e. The van der Waals surface area contributed by atoms with Crippen molar-refractivity contribution in [1.82, 2.24) is 15.1 Å². The maximum atomic E-state index is 4.89. The SMILES string of the molecule is Cc1ccnc(NCCc2ncno2)c1Br. The highest BCUT2D eigenvalue weighted by molar-refractivity contribution is 9.10. The summed E-state index contributed by atoms with van der Waals surface area (Å²) in [7, 11) is 0. The fraction of sp³-hybridized carbons (Fsp3) is 0.300. The molecule has 1 N–H and O–H groups in total. The molecule has 2 aromatic rings. The van der Waals surface area contributed by atoms with Gasteiger partial charge < -0.3 is 9.84 Å². The topological polar surface area (TPSA) is 63.8 Å². The summed E-state index contributed by atoms with van der Waals surface area (Å²) in [6.45, 7) is 2.73. The van der Waals surface area contributed by atoms with Crippen LogP contribution in [0.25, 0.3) is 0 Å². The molecule has 6 heteroatoms. The van der Waals surface area contributed by atoms with Crippen LogP contribution in [0.15, 0.2) is 27.6 Å². The van der Waals surface area contributed by atoms with Crippen molar-refractivity contribution in [1.29, 1.82) is 0 Å². The number of aromatic nitrogens is 3. The zero-order chi connectivity index (χ0) is 11.4. The van der Waals surface area contributed by atoms with Crippen LogP contribution in [0, 0.1) is 6.92 Å². The van der Waals surface area contributed by atoms with E-state index < -0.39 is 0 Å². The zero-order valence-electron chi connectivity index (χ0n) is 8.77. The number of hydrogen-bond acceptors (Lipinski definition) is 5. The predicted molar refractivity (Wildman–Crippen MR) is 63.2 cm³/mol. The molecule has 0 radical (unpaired) electrons. The first-order chi connectivity index (χ1) is 7.77. The first-order valence-corrected chi connectivity index (χ1v) is 5.67. The van der Waals surface area contributed by atoms with E-state index in [1.807, 2.05) is 13.0 Å². The van der Waals surface area contributed by atoms with Gasteiger partial charge >= 0.3 is 0 Å². The molecule has 0 amide bonds. The average Bonchev–Trinajstić information content (AvgIpc) is 2.77. The van der Waals surface area contributed by atoms with Crippen molar-refractivity contribution in [2.45, 2.75) is 13.3 Å². The summed E-state index contributed by atoms with van der Waals surface area (Å²) in [5, 5.41) is 6.75. The molecule has 2 heterocycles. The van der Waals surface area contributed by atoms with Gasteiger partial charge in [-0.15, -0.1) is 0 Å². The number of nitrogens with zero attached hydrogens (tertiary/aromatic N) is 3. The van der Waals surface area contributed by atoms with E-state index in [1.54, 1.807) is 6.20 Å². The van der Waals surface area contributed by atoms with Gasteiger partial charge in [0, 0.05) is 19.2 Å². The fourth-order valence-corrected chi connectivity index (χ4v) is 1.63. The molecule has 0 aliphatic rings. The number of pyridine rings is 1. The van der Waals surface area contributed by atoms with Crippen LogP contribution in [0.5, 0.6) is 0 Å². The molecule has 0 aromatic carbocycles. The van der Waals surface area contributed by atoms with Gasteiger partial charge in [-0.25, -0.2) is 4.98 Å². The van der Waals surface area contributed by atoms with Crippen molar-refractivity contribution >= 4 is 21.7 Å². The third kappa shape index (κ3) is 2.57. The predicted octanol–water partition coefficient (Wildman–Crippen LogP) is 2.19. The van der Waals surface area contributed by atoms with Gasteiger partial charge in [-0.05, 0) is 34.5 Å². The van der Waals surface area contributed by atoms with Crippen LogP contribution in [0.1, 0.15) is 11.5 Å². The molecule has 2 rings (SSSR count). The Hall–Kier alpha value is -1.43. The van der Waals surface area contributed by atoms with Crippen LogP contribution >= 0.6 is 15.9 Å². The second kappa shape index (κ2) is 5.07. The van der Waals surface area contributed by atoms with E-state index >= 15 is 0 Å². The van der Waals surface area contributed by atoms with Gasteiger partial charge in [0.15, 0.2) is 6.33 Å². The van der Waals surface area contributed by atoms with Gasteiger partial charge in [0.2, 0.25) is 5.89 Å². The summed E-state index contributed by atoms with van der Waals surface area (Å²) in [5.41, 5.74) is 1.15.